The Morgan fingerprint density at radius 2 is 2.35 bits per heavy atom. The van der Waals surface area contributed by atoms with Gasteiger partial charge in [-0.25, -0.2) is 0 Å². The molecule has 0 radical (unpaired) electrons. The van der Waals surface area contributed by atoms with Gasteiger partial charge in [0.15, 0.2) is 5.96 Å². The summed E-state index contributed by atoms with van der Waals surface area (Å²) in [7, 11) is 3.56. The van der Waals surface area contributed by atoms with Crippen molar-refractivity contribution in [3.8, 4) is 0 Å². The SMILES string of the molecule is C=C(Br)CNC(=NC)N1CCC(COC)C1.I. The summed E-state index contributed by atoms with van der Waals surface area (Å²) in [5, 5.41) is 3.26. The number of methoxy groups -OCH3 is 1. The summed E-state index contributed by atoms with van der Waals surface area (Å²) in [6, 6.07) is 0. The minimum absolute atomic E-state index is 0. The number of rotatable bonds is 4. The van der Waals surface area contributed by atoms with E-state index in [1.54, 1.807) is 7.11 Å². The van der Waals surface area contributed by atoms with Crippen molar-refractivity contribution in [1.29, 1.82) is 0 Å². The summed E-state index contributed by atoms with van der Waals surface area (Å²) in [5.74, 6) is 1.56. The fraction of sp³-hybridized carbons (Fsp3) is 0.727. The molecule has 0 bridgehead atoms. The number of halogens is 2. The van der Waals surface area contributed by atoms with Gasteiger partial charge >= 0.3 is 0 Å². The van der Waals surface area contributed by atoms with Crippen LogP contribution in [0, 0.1) is 5.92 Å². The van der Waals surface area contributed by atoms with Crippen molar-refractivity contribution < 1.29 is 4.74 Å². The molecule has 100 valence electrons. The first-order valence-electron chi connectivity index (χ1n) is 5.45. The van der Waals surface area contributed by atoms with Crippen LogP contribution in [0.25, 0.3) is 0 Å². The van der Waals surface area contributed by atoms with E-state index >= 15 is 0 Å². The molecule has 1 fully saturated rings. The molecule has 0 saturated carbocycles. The summed E-state index contributed by atoms with van der Waals surface area (Å²) in [6.45, 7) is 7.39. The van der Waals surface area contributed by atoms with Crippen LogP contribution in [-0.2, 0) is 4.74 Å². The lowest BCUT2D eigenvalue weighted by Crippen LogP contribution is -2.40. The summed E-state index contributed by atoms with van der Waals surface area (Å²) >= 11 is 3.33. The summed E-state index contributed by atoms with van der Waals surface area (Å²) in [5.41, 5.74) is 0. The van der Waals surface area contributed by atoms with E-state index in [1.165, 1.54) is 6.42 Å². The van der Waals surface area contributed by atoms with Crippen molar-refractivity contribution in [2.24, 2.45) is 10.9 Å². The summed E-state index contributed by atoms with van der Waals surface area (Å²) in [6.07, 6.45) is 1.17. The zero-order chi connectivity index (χ0) is 12.0. The lowest BCUT2D eigenvalue weighted by Gasteiger charge is -2.21. The fourth-order valence-electron chi connectivity index (χ4n) is 1.90. The van der Waals surface area contributed by atoms with Gasteiger partial charge in [0.25, 0.3) is 0 Å². The van der Waals surface area contributed by atoms with E-state index in [2.05, 4.69) is 37.7 Å². The third-order valence-electron chi connectivity index (χ3n) is 2.64. The van der Waals surface area contributed by atoms with Crippen LogP contribution in [0.2, 0.25) is 0 Å². The number of nitrogens with one attached hydrogen (secondary N) is 1. The van der Waals surface area contributed by atoms with Crippen LogP contribution < -0.4 is 5.32 Å². The third-order valence-corrected chi connectivity index (χ3v) is 2.92. The van der Waals surface area contributed by atoms with Crippen molar-refractivity contribution in [1.82, 2.24) is 10.2 Å². The molecule has 1 unspecified atom stereocenters. The van der Waals surface area contributed by atoms with Crippen LogP contribution in [0.3, 0.4) is 0 Å². The highest BCUT2D eigenvalue weighted by Crippen LogP contribution is 2.16. The average molecular weight is 418 g/mol. The molecule has 0 aromatic heterocycles. The Bertz CT molecular complexity index is 273. The van der Waals surface area contributed by atoms with E-state index < -0.39 is 0 Å². The Balaban J connectivity index is 0.00000256. The Labute approximate surface area is 129 Å². The number of hydrogen-bond acceptors (Lipinski definition) is 2. The van der Waals surface area contributed by atoms with Gasteiger partial charge in [-0.05, 0) is 6.42 Å². The van der Waals surface area contributed by atoms with Crippen molar-refractivity contribution in [3.63, 3.8) is 0 Å². The first kappa shape index (κ1) is 17.2. The van der Waals surface area contributed by atoms with Crippen LogP contribution in [-0.4, -0.2) is 51.3 Å². The molecule has 1 aliphatic rings. The predicted octanol–water partition coefficient (Wildman–Crippen LogP) is 2.06. The van der Waals surface area contributed by atoms with Crippen molar-refractivity contribution >= 4 is 45.9 Å². The van der Waals surface area contributed by atoms with Gasteiger partial charge in [-0.1, -0.05) is 22.5 Å². The van der Waals surface area contributed by atoms with E-state index in [0.29, 0.717) is 12.5 Å². The highest BCUT2D eigenvalue weighted by atomic mass is 127. The highest BCUT2D eigenvalue weighted by Gasteiger charge is 2.24. The molecule has 1 N–H and O–H groups in total. The van der Waals surface area contributed by atoms with Gasteiger partial charge in [-0.3, -0.25) is 4.99 Å². The molecule has 0 aromatic carbocycles. The van der Waals surface area contributed by atoms with Crippen LogP contribution in [0.5, 0.6) is 0 Å². The van der Waals surface area contributed by atoms with Crippen LogP contribution in [0.15, 0.2) is 16.1 Å². The molecule has 0 aromatic rings. The van der Waals surface area contributed by atoms with E-state index in [1.807, 2.05) is 7.05 Å². The van der Waals surface area contributed by atoms with Gasteiger partial charge in [0.2, 0.25) is 0 Å². The molecular formula is C11H21BrIN3O. The molecule has 1 aliphatic heterocycles. The topological polar surface area (TPSA) is 36.9 Å². The molecule has 1 saturated heterocycles. The third kappa shape index (κ3) is 6.05. The molecule has 6 heteroatoms. The van der Waals surface area contributed by atoms with Gasteiger partial charge in [0, 0.05) is 44.2 Å². The van der Waals surface area contributed by atoms with Crippen LogP contribution in [0.1, 0.15) is 6.42 Å². The largest absolute Gasteiger partial charge is 0.384 e. The molecule has 0 aliphatic carbocycles. The second-order valence-corrected chi connectivity index (χ2v) is 5.10. The Morgan fingerprint density at radius 1 is 1.65 bits per heavy atom. The molecule has 0 spiro atoms. The van der Waals surface area contributed by atoms with E-state index in [9.17, 15) is 0 Å². The summed E-state index contributed by atoms with van der Waals surface area (Å²) < 4.78 is 6.11. The number of likely N-dealkylation sites (tertiary alicyclic amines) is 1. The quantitative estimate of drug-likeness (QED) is 0.432. The zero-order valence-electron chi connectivity index (χ0n) is 10.4. The Hall–Kier alpha value is 0.180. The number of ether oxygens (including phenoxy) is 1. The lowest BCUT2D eigenvalue weighted by molar-refractivity contribution is 0.157. The first-order chi connectivity index (χ1) is 7.67. The minimum Gasteiger partial charge on any atom is -0.384 e. The molecule has 0 amide bonds. The van der Waals surface area contributed by atoms with E-state index in [0.717, 1.165) is 30.1 Å². The van der Waals surface area contributed by atoms with Gasteiger partial charge < -0.3 is 15.0 Å². The molecule has 1 heterocycles. The summed E-state index contributed by atoms with van der Waals surface area (Å²) in [4.78, 5) is 6.53. The number of hydrogen-bond donors (Lipinski definition) is 1. The zero-order valence-corrected chi connectivity index (χ0v) is 14.3. The van der Waals surface area contributed by atoms with E-state index in [4.69, 9.17) is 4.74 Å². The fourth-order valence-corrected chi connectivity index (χ4v) is 2.04. The molecule has 1 rings (SSSR count). The molecule has 4 nitrogen and oxygen atoms in total. The monoisotopic (exact) mass is 417 g/mol. The van der Waals surface area contributed by atoms with Gasteiger partial charge in [0.05, 0.1) is 6.61 Å². The second kappa shape index (κ2) is 9.16. The van der Waals surface area contributed by atoms with Crippen LogP contribution in [0.4, 0.5) is 0 Å². The molecular weight excluding hydrogens is 397 g/mol. The maximum atomic E-state index is 5.18. The van der Waals surface area contributed by atoms with Crippen LogP contribution >= 0.6 is 39.9 Å². The number of aliphatic imine (C=N–C) groups is 1. The van der Waals surface area contributed by atoms with Gasteiger partial charge in [-0.15, -0.1) is 24.0 Å². The first-order valence-corrected chi connectivity index (χ1v) is 6.24. The number of guanidine groups is 1. The van der Waals surface area contributed by atoms with Gasteiger partial charge in [0.1, 0.15) is 0 Å². The maximum Gasteiger partial charge on any atom is 0.193 e. The van der Waals surface area contributed by atoms with Crippen molar-refractivity contribution in [2.45, 2.75) is 6.42 Å². The lowest BCUT2D eigenvalue weighted by atomic mass is 10.1. The molecule has 1 atom stereocenters. The normalized spacial score (nSPS) is 20.1. The van der Waals surface area contributed by atoms with E-state index in [-0.39, 0.29) is 24.0 Å². The van der Waals surface area contributed by atoms with Crippen molar-refractivity contribution in [3.05, 3.63) is 11.1 Å². The Morgan fingerprint density at radius 3 is 2.88 bits per heavy atom. The van der Waals surface area contributed by atoms with Gasteiger partial charge in [-0.2, -0.15) is 0 Å². The Kier molecular flexibility index (Phi) is 9.25. The predicted molar refractivity (Wildman–Crippen MR) is 86.4 cm³/mol. The molecule has 17 heavy (non-hydrogen) atoms. The maximum absolute atomic E-state index is 5.18. The standard InChI is InChI=1S/C11H20BrN3O.HI/c1-9(12)6-14-11(13-2)15-5-4-10(7-15)8-16-3;/h10H,1,4-8H2,2-3H3,(H,13,14);1H. The smallest absolute Gasteiger partial charge is 0.193 e. The second-order valence-electron chi connectivity index (χ2n) is 3.97. The average Bonchev–Trinajstić information content (AvgIpc) is 2.68. The number of nitrogens with zero attached hydrogens (tertiary/aromatic N) is 2. The highest BCUT2D eigenvalue weighted by molar-refractivity contribution is 14.0. The van der Waals surface area contributed by atoms with Crippen molar-refractivity contribution in [2.75, 3.05) is 40.4 Å². The minimum atomic E-state index is 0.